The fraction of sp³-hybridized carbons (Fsp3) is 0. The van der Waals surface area contributed by atoms with Crippen LogP contribution in [0.1, 0.15) is 0 Å². The lowest BCUT2D eigenvalue weighted by Crippen LogP contribution is -1.78. The predicted octanol–water partition coefficient (Wildman–Crippen LogP) is 3.06. The molecule has 0 amide bonds. The molecular formula is C12H8N2OS. The molecule has 0 radical (unpaired) electrons. The zero-order valence-corrected chi connectivity index (χ0v) is 9.11. The molecule has 3 nitrogen and oxygen atoms in total. The molecule has 4 heteroatoms. The van der Waals surface area contributed by atoms with Crippen LogP contribution in [0.3, 0.4) is 0 Å². The zero-order valence-electron chi connectivity index (χ0n) is 8.29. The number of rotatable bonds is 1. The highest BCUT2D eigenvalue weighted by molar-refractivity contribution is 7.22. The van der Waals surface area contributed by atoms with Crippen molar-refractivity contribution in [3.8, 4) is 16.5 Å². The van der Waals surface area contributed by atoms with E-state index in [-0.39, 0.29) is 5.75 Å². The lowest BCUT2D eigenvalue weighted by Gasteiger charge is -1.91. The van der Waals surface area contributed by atoms with Crippen molar-refractivity contribution in [2.75, 3.05) is 0 Å². The van der Waals surface area contributed by atoms with Gasteiger partial charge in [-0.05, 0) is 24.3 Å². The Bertz CT molecular complexity index is 634. The van der Waals surface area contributed by atoms with Crippen LogP contribution in [-0.4, -0.2) is 15.1 Å². The minimum absolute atomic E-state index is 0.275. The molecule has 0 aliphatic heterocycles. The smallest absolute Gasteiger partial charge is 0.143 e. The molecule has 0 aliphatic carbocycles. The maximum Gasteiger partial charge on any atom is 0.143 e. The third kappa shape index (κ3) is 1.44. The number of thiazole rings is 1. The summed E-state index contributed by atoms with van der Waals surface area (Å²) in [6, 6.07) is 11.1. The van der Waals surface area contributed by atoms with Crippen molar-refractivity contribution in [3.05, 3.63) is 42.6 Å². The molecule has 0 saturated heterocycles. The second-order valence-corrected chi connectivity index (χ2v) is 4.36. The third-order valence-electron chi connectivity index (χ3n) is 2.28. The quantitative estimate of drug-likeness (QED) is 0.696. The Morgan fingerprint density at radius 1 is 1.06 bits per heavy atom. The van der Waals surface area contributed by atoms with E-state index in [1.54, 1.807) is 18.3 Å². The zero-order chi connectivity index (χ0) is 11.0. The molecule has 1 aromatic carbocycles. The highest BCUT2D eigenvalue weighted by Crippen LogP contribution is 2.34. The van der Waals surface area contributed by atoms with E-state index < -0.39 is 0 Å². The second kappa shape index (κ2) is 3.57. The minimum atomic E-state index is 0.275. The summed E-state index contributed by atoms with van der Waals surface area (Å²) >= 11 is 1.45. The molecule has 0 unspecified atom stereocenters. The van der Waals surface area contributed by atoms with Crippen LogP contribution < -0.4 is 0 Å². The van der Waals surface area contributed by atoms with Crippen molar-refractivity contribution in [3.63, 3.8) is 0 Å². The Balaban J connectivity index is 2.23. The molecule has 0 atom stereocenters. The van der Waals surface area contributed by atoms with Crippen LogP contribution in [-0.2, 0) is 0 Å². The number of fused-ring (bicyclic) bond motifs is 1. The van der Waals surface area contributed by atoms with E-state index in [0.29, 0.717) is 0 Å². The molecule has 0 saturated carbocycles. The first-order valence-corrected chi connectivity index (χ1v) is 5.66. The van der Waals surface area contributed by atoms with Gasteiger partial charge < -0.3 is 5.11 Å². The monoisotopic (exact) mass is 228 g/mol. The third-order valence-corrected chi connectivity index (χ3v) is 3.39. The number of phenolic OH excluding ortho intramolecular Hbond substituents is 1. The van der Waals surface area contributed by atoms with Crippen LogP contribution >= 0.6 is 11.3 Å². The number of aromatic hydroxyl groups is 1. The SMILES string of the molecule is Oc1cccc2nc(-c3ccccn3)sc12. The highest BCUT2D eigenvalue weighted by atomic mass is 32.1. The molecular weight excluding hydrogens is 220 g/mol. The molecule has 0 bridgehead atoms. The molecule has 3 rings (SSSR count). The van der Waals surface area contributed by atoms with Gasteiger partial charge in [0.05, 0.1) is 15.9 Å². The van der Waals surface area contributed by atoms with Crippen LogP contribution in [0.15, 0.2) is 42.6 Å². The molecule has 3 aromatic rings. The summed E-state index contributed by atoms with van der Waals surface area (Å²) < 4.78 is 0.808. The van der Waals surface area contributed by atoms with Gasteiger partial charge in [-0.1, -0.05) is 12.1 Å². The van der Waals surface area contributed by atoms with Gasteiger partial charge in [0.1, 0.15) is 10.8 Å². The normalized spacial score (nSPS) is 10.8. The van der Waals surface area contributed by atoms with Crippen molar-refractivity contribution >= 4 is 21.6 Å². The van der Waals surface area contributed by atoms with E-state index in [0.717, 1.165) is 20.9 Å². The Hall–Kier alpha value is -1.94. The van der Waals surface area contributed by atoms with E-state index >= 15 is 0 Å². The fourth-order valence-corrected chi connectivity index (χ4v) is 2.49. The van der Waals surface area contributed by atoms with Crippen LogP contribution in [0.5, 0.6) is 5.75 Å². The highest BCUT2D eigenvalue weighted by Gasteiger charge is 2.09. The summed E-state index contributed by atoms with van der Waals surface area (Å²) in [5.41, 5.74) is 1.65. The van der Waals surface area contributed by atoms with Gasteiger partial charge in [0, 0.05) is 6.20 Å². The van der Waals surface area contributed by atoms with Crippen LogP contribution in [0.4, 0.5) is 0 Å². The van der Waals surface area contributed by atoms with Crippen LogP contribution in [0.25, 0.3) is 20.9 Å². The average molecular weight is 228 g/mol. The molecule has 0 fully saturated rings. The number of aromatic nitrogens is 2. The van der Waals surface area contributed by atoms with Gasteiger partial charge >= 0.3 is 0 Å². The number of hydrogen-bond donors (Lipinski definition) is 1. The Kier molecular flexibility index (Phi) is 2.08. The van der Waals surface area contributed by atoms with Crippen molar-refractivity contribution in [1.82, 2.24) is 9.97 Å². The Labute approximate surface area is 96.0 Å². The number of pyridine rings is 1. The minimum Gasteiger partial charge on any atom is -0.506 e. The van der Waals surface area contributed by atoms with E-state index in [9.17, 15) is 5.11 Å². The van der Waals surface area contributed by atoms with E-state index in [1.807, 2.05) is 24.3 Å². The number of benzene rings is 1. The molecule has 2 heterocycles. The van der Waals surface area contributed by atoms with Crippen LogP contribution in [0.2, 0.25) is 0 Å². The van der Waals surface area contributed by atoms with Crippen molar-refractivity contribution in [2.45, 2.75) is 0 Å². The summed E-state index contributed by atoms with van der Waals surface area (Å²) in [6.45, 7) is 0. The molecule has 78 valence electrons. The standard InChI is InChI=1S/C12H8N2OS/c15-10-6-3-5-8-11(10)16-12(14-8)9-4-1-2-7-13-9/h1-7,15H. The van der Waals surface area contributed by atoms with Gasteiger partial charge in [-0.2, -0.15) is 0 Å². The van der Waals surface area contributed by atoms with Gasteiger partial charge in [-0.3, -0.25) is 4.98 Å². The molecule has 0 spiro atoms. The van der Waals surface area contributed by atoms with Crippen LogP contribution in [0, 0.1) is 0 Å². The topological polar surface area (TPSA) is 46.0 Å². The maximum absolute atomic E-state index is 9.68. The number of hydrogen-bond acceptors (Lipinski definition) is 4. The van der Waals surface area contributed by atoms with Crippen molar-refractivity contribution in [2.24, 2.45) is 0 Å². The molecule has 1 N–H and O–H groups in total. The fourth-order valence-electron chi connectivity index (χ4n) is 1.53. The largest absolute Gasteiger partial charge is 0.506 e. The van der Waals surface area contributed by atoms with Gasteiger partial charge in [-0.15, -0.1) is 11.3 Å². The van der Waals surface area contributed by atoms with E-state index in [1.165, 1.54) is 11.3 Å². The molecule has 16 heavy (non-hydrogen) atoms. The summed E-state index contributed by atoms with van der Waals surface area (Å²) in [4.78, 5) is 8.68. The lowest BCUT2D eigenvalue weighted by molar-refractivity contribution is 0.482. The average Bonchev–Trinajstić information content (AvgIpc) is 2.76. The first kappa shape index (κ1) is 9.30. The first-order chi connectivity index (χ1) is 7.84. The number of nitrogens with zero attached hydrogens (tertiary/aromatic N) is 2. The predicted molar refractivity (Wildman–Crippen MR) is 64.5 cm³/mol. The number of phenols is 1. The van der Waals surface area contributed by atoms with E-state index in [4.69, 9.17) is 0 Å². The van der Waals surface area contributed by atoms with Gasteiger partial charge in [0.15, 0.2) is 0 Å². The van der Waals surface area contributed by atoms with E-state index in [2.05, 4.69) is 9.97 Å². The maximum atomic E-state index is 9.68. The molecule has 0 aliphatic rings. The van der Waals surface area contributed by atoms with Gasteiger partial charge in [-0.25, -0.2) is 4.98 Å². The molecule has 2 aromatic heterocycles. The second-order valence-electron chi connectivity index (χ2n) is 3.36. The van der Waals surface area contributed by atoms with Gasteiger partial charge in [0.25, 0.3) is 0 Å². The van der Waals surface area contributed by atoms with Crippen molar-refractivity contribution < 1.29 is 5.11 Å². The van der Waals surface area contributed by atoms with Gasteiger partial charge in [0.2, 0.25) is 0 Å². The first-order valence-electron chi connectivity index (χ1n) is 4.84. The Morgan fingerprint density at radius 3 is 2.75 bits per heavy atom. The van der Waals surface area contributed by atoms with Crippen molar-refractivity contribution in [1.29, 1.82) is 0 Å². The summed E-state index contributed by atoms with van der Waals surface area (Å²) in [5.74, 6) is 0.275. The summed E-state index contributed by atoms with van der Waals surface area (Å²) in [6.07, 6.45) is 1.74. The Morgan fingerprint density at radius 2 is 2.00 bits per heavy atom. The summed E-state index contributed by atoms with van der Waals surface area (Å²) in [5, 5.41) is 10.5. The lowest BCUT2D eigenvalue weighted by atomic mass is 10.3. The summed E-state index contributed by atoms with van der Waals surface area (Å²) in [7, 11) is 0.